The van der Waals surface area contributed by atoms with Crippen LogP contribution in [0.2, 0.25) is 5.02 Å². The predicted molar refractivity (Wildman–Crippen MR) is 78.0 cm³/mol. The van der Waals surface area contributed by atoms with E-state index in [9.17, 15) is 4.79 Å². The zero-order valence-corrected chi connectivity index (χ0v) is 11.7. The smallest absolute Gasteiger partial charge is 0.342 e. The molecule has 0 spiro atoms. The van der Waals surface area contributed by atoms with Gasteiger partial charge in [-0.15, -0.1) is 0 Å². The van der Waals surface area contributed by atoms with Gasteiger partial charge in [0.05, 0.1) is 7.11 Å². The number of benzene rings is 2. The van der Waals surface area contributed by atoms with Gasteiger partial charge in [0, 0.05) is 10.7 Å². The molecule has 0 radical (unpaired) electrons. The Morgan fingerprint density at radius 1 is 1.25 bits per heavy atom. The molecule has 2 aromatic rings. The van der Waals surface area contributed by atoms with Crippen molar-refractivity contribution < 1.29 is 14.3 Å². The van der Waals surface area contributed by atoms with Gasteiger partial charge in [-0.2, -0.15) is 0 Å². The van der Waals surface area contributed by atoms with Crippen molar-refractivity contribution in [1.29, 1.82) is 0 Å². The molecule has 0 saturated heterocycles. The first-order valence-electron chi connectivity index (χ1n) is 5.95. The molecule has 0 aliphatic rings. The van der Waals surface area contributed by atoms with Crippen molar-refractivity contribution in [3.05, 3.63) is 58.6 Å². The lowest BCUT2D eigenvalue weighted by atomic mass is 10.2. The van der Waals surface area contributed by atoms with Crippen LogP contribution in [0.15, 0.2) is 42.5 Å². The van der Waals surface area contributed by atoms with Crippen LogP contribution < -0.4 is 10.5 Å². The van der Waals surface area contributed by atoms with Gasteiger partial charge >= 0.3 is 5.97 Å². The van der Waals surface area contributed by atoms with E-state index >= 15 is 0 Å². The van der Waals surface area contributed by atoms with Crippen molar-refractivity contribution >= 4 is 23.3 Å². The molecule has 4 nitrogen and oxygen atoms in total. The maximum Gasteiger partial charge on any atom is 0.342 e. The summed E-state index contributed by atoms with van der Waals surface area (Å²) < 4.78 is 10.3. The lowest BCUT2D eigenvalue weighted by Crippen LogP contribution is -2.08. The summed E-state index contributed by atoms with van der Waals surface area (Å²) >= 11 is 5.87. The van der Waals surface area contributed by atoms with Gasteiger partial charge in [-0.3, -0.25) is 0 Å². The molecule has 104 valence electrons. The minimum absolute atomic E-state index is 0.136. The van der Waals surface area contributed by atoms with Gasteiger partial charge in [-0.25, -0.2) is 4.79 Å². The zero-order valence-electron chi connectivity index (χ0n) is 10.9. The third kappa shape index (κ3) is 3.42. The Kier molecular flexibility index (Phi) is 4.48. The number of nitrogen functional groups attached to an aromatic ring is 1. The molecule has 0 aromatic heterocycles. The highest BCUT2D eigenvalue weighted by Crippen LogP contribution is 2.22. The third-order valence-corrected chi connectivity index (χ3v) is 2.94. The van der Waals surface area contributed by atoms with E-state index in [0.29, 0.717) is 22.0 Å². The highest BCUT2D eigenvalue weighted by atomic mass is 35.5. The number of esters is 1. The first-order valence-corrected chi connectivity index (χ1v) is 6.33. The summed E-state index contributed by atoms with van der Waals surface area (Å²) in [5.41, 5.74) is 7.25. The van der Waals surface area contributed by atoms with E-state index in [2.05, 4.69) is 0 Å². The molecule has 0 fully saturated rings. The van der Waals surface area contributed by atoms with Gasteiger partial charge in [0.2, 0.25) is 0 Å². The zero-order chi connectivity index (χ0) is 14.5. The molecule has 0 atom stereocenters. The second kappa shape index (κ2) is 6.30. The highest BCUT2D eigenvalue weighted by molar-refractivity contribution is 6.30. The molecule has 0 aliphatic heterocycles. The Hall–Kier alpha value is -2.20. The minimum Gasteiger partial charge on any atom is -0.496 e. The fourth-order valence-electron chi connectivity index (χ4n) is 1.74. The summed E-state index contributed by atoms with van der Waals surface area (Å²) in [4.78, 5) is 12.0. The van der Waals surface area contributed by atoms with Crippen LogP contribution in [-0.2, 0) is 11.3 Å². The Bertz CT molecular complexity index is 628. The lowest BCUT2D eigenvalue weighted by Gasteiger charge is -2.09. The predicted octanol–water partition coefficient (Wildman–Crippen LogP) is 3.29. The molecule has 0 saturated carbocycles. The second-order valence-electron chi connectivity index (χ2n) is 4.17. The Balaban J connectivity index is 2.10. The summed E-state index contributed by atoms with van der Waals surface area (Å²) in [6.45, 7) is 0.136. The van der Waals surface area contributed by atoms with Gasteiger partial charge in [0.15, 0.2) is 0 Å². The van der Waals surface area contributed by atoms with Crippen molar-refractivity contribution in [2.75, 3.05) is 12.8 Å². The summed E-state index contributed by atoms with van der Waals surface area (Å²) in [6, 6.07) is 11.9. The minimum atomic E-state index is -0.492. The Labute approximate surface area is 122 Å². The topological polar surface area (TPSA) is 61.5 Å². The van der Waals surface area contributed by atoms with Crippen LogP contribution in [0.4, 0.5) is 5.69 Å². The van der Waals surface area contributed by atoms with E-state index in [4.69, 9.17) is 26.8 Å². The van der Waals surface area contributed by atoms with Crippen LogP contribution in [0.5, 0.6) is 5.75 Å². The van der Waals surface area contributed by atoms with E-state index in [1.807, 2.05) is 6.07 Å². The molecule has 2 rings (SSSR count). The highest BCUT2D eigenvalue weighted by Gasteiger charge is 2.14. The molecule has 0 amide bonds. The van der Waals surface area contributed by atoms with Crippen molar-refractivity contribution in [3.8, 4) is 5.75 Å². The van der Waals surface area contributed by atoms with Crippen molar-refractivity contribution in [3.63, 3.8) is 0 Å². The average Bonchev–Trinajstić information content (AvgIpc) is 2.45. The average molecular weight is 292 g/mol. The molecule has 0 bridgehead atoms. The van der Waals surface area contributed by atoms with Gasteiger partial charge < -0.3 is 15.2 Å². The standard InChI is InChI=1S/C15H14ClNO3/c1-19-14-6-5-12(17)8-13(14)15(18)20-9-10-3-2-4-11(16)7-10/h2-8H,9,17H2,1H3. The van der Waals surface area contributed by atoms with E-state index < -0.39 is 5.97 Å². The molecule has 2 aromatic carbocycles. The summed E-state index contributed by atoms with van der Waals surface area (Å²) in [7, 11) is 1.49. The van der Waals surface area contributed by atoms with Crippen molar-refractivity contribution in [2.45, 2.75) is 6.61 Å². The number of hydrogen-bond donors (Lipinski definition) is 1. The largest absolute Gasteiger partial charge is 0.496 e. The Morgan fingerprint density at radius 3 is 2.75 bits per heavy atom. The van der Waals surface area contributed by atoms with Crippen LogP contribution in [0.25, 0.3) is 0 Å². The summed E-state index contributed by atoms with van der Waals surface area (Å²) in [5.74, 6) is -0.0654. The van der Waals surface area contributed by atoms with Crippen molar-refractivity contribution in [2.24, 2.45) is 0 Å². The first-order chi connectivity index (χ1) is 9.60. The molecule has 5 heteroatoms. The fourth-order valence-corrected chi connectivity index (χ4v) is 1.95. The number of carbonyl (C=O) groups is 1. The molecular formula is C15H14ClNO3. The fraction of sp³-hybridized carbons (Fsp3) is 0.133. The third-order valence-electron chi connectivity index (χ3n) is 2.70. The van der Waals surface area contributed by atoms with E-state index in [1.165, 1.54) is 13.2 Å². The molecular weight excluding hydrogens is 278 g/mol. The lowest BCUT2D eigenvalue weighted by molar-refractivity contribution is 0.0469. The van der Waals surface area contributed by atoms with E-state index in [0.717, 1.165) is 5.56 Å². The van der Waals surface area contributed by atoms with Crippen LogP contribution in [-0.4, -0.2) is 13.1 Å². The number of hydrogen-bond acceptors (Lipinski definition) is 4. The van der Waals surface area contributed by atoms with Crippen LogP contribution >= 0.6 is 11.6 Å². The molecule has 20 heavy (non-hydrogen) atoms. The number of halogens is 1. The molecule has 2 N–H and O–H groups in total. The van der Waals surface area contributed by atoms with E-state index in [1.54, 1.807) is 30.3 Å². The molecule has 0 unspecified atom stereocenters. The van der Waals surface area contributed by atoms with Crippen molar-refractivity contribution in [1.82, 2.24) is 0 Å². The number of carbonyl (C=O) groups excluding carboxylic acids is 1. The summed E-state index contributed by atoms with van der Waals surface area (Å²) in [6.07, 6.45) is 0. The molecule has 0 aliphatic carbocycles. The number of nitrogens with two attached hydrogens (primary N) is 1. The number of anilines is 1. The maximum absolute atomic E-state index is 12.0. The van der Waals surface area contributed by atoms with Crippen LogP contribution in [0, 0.1) is 0 Å². The van der Waals surface area contributed by atoms with Gasteiger partial charge in [-0.1, -0.05) is 23.7 Å². The van der Waals surface area contributed by atoms with Crippen LogP contribution in [0.1, 0.15) is 15.9 Å². The quantitative estimate of drug-likeness (QED) is 0.693. The first kappa shape index (κ1) is 14.2. The van der Waals surface area contributed by atoms with Gasteiger partial charge in [-0.05, 0) is 35.9 Å². The normalized spacial score (nSPS) is 10.1. The van der Waals surface area contributed by atoms with E-state index in [-0.39, 0.29) is 6.61 Å². The van der Waals surface area contributed by atoms with Gasteiger partial charge in [0.25, 0.3) is 0 Å². The summed E-state index contributed by atoms with van der Waals surface area (Å²) in [5, 5.41) is 0.597. The molecule has 0 heterocycles. The number of rotatable bonds is 4. The SMILES string of the molecule is COc1ccc(N)cc1C(=O)OCc1cccc(Cl)c1. The maximum atomic E-state index is 12.0. The number of methoxy groups -OCH3 is 1. The Morgan fingerprint density at radius 2 is 2.05 bits per heavy atom. The van der Waals surface area contributed by atoms with Gasteiger partial charge in [0.1, 0.15) is 17.9 Å². The van der Waals surface area contributed by atoms with Crippen LogP contribution in [0.3, 0.4) is 0 Å². The second-order valence-corrected chi connectivity index (χ2v) is 4.60. The number of ether oxygens (including phenoxy) is 2. The monoisotopic (exact) mass is 291 g/mol.